The Morgan fingerprint density at radius 2 is 0.425 bits per heavy atom. The van der Waals surface area contributed by atoms with Crippen LogP contribution >= 0.6 is 90.7 Å². The molecule has 0 aliphatic heterocycles. The van der Waals surface area contributed by atoms with Gasteiger partial charge in [0.15, 0.2) is 0 Å². The zero-order chi connectivity index (χ0) is 26.5. The van der Waals surface area contributed by atoms with Gasteiger partial charge in [0.05, 0.1) is 0 Å². The molecule has 0 aliphatic carbocycles. The molecule has 0 nitrogen and oxygen atoms in total. The molecular weight excluding hydrogens is 641 g/mol. The predicted octanol–water partition coefficient (Wildman–Crippen LogP) is 13.8. The molecule has 0 saturated carbocycles. The fraction of sp³-hybridized carbons (Fsp3) is 0. The van der Waals surface area contributed by atoms with Crippen molar-refractivity contribution in [2.24, 2.45) is 0 Å². The normalized spacial score (nSPS) is 11.5. The molecule has 0 fully saturated rings. The van der Waals surface area contributed by atoms with Gasteiger partial charge in [-0.15, -0.1) is 90.7 Å². The molecule has 0 aromatic carbocycles. The third-order valence-corrected chi connectivity index (χ3v) is 16.0. The Morgan fingerprint density at radius 1 is 0.225 bits per heavy atom. The van der Waals surface area contributed by atoms with Gasteiger partial charge in [0, 0.05) is 68.3 Å². The van der Waals surface area contributed by atoms with E-state index in [1.807, 2.05) is 68.0 Å². The highest BCUT2D eigenvalue weighted by Gasteiger charge is 2.14. The zero-order valence-electron chi connectivity index (χ0n) is 20.7. The van der Waals surface area contributed by atoms with Crippen LogP contribution in [0, 0.1) is 0 Å². The minimum absolute atomic E-state index is 1.34. The maximum absolute atomic E-state index is 2.28. The van der Waals surface area contributed by atoms with E-state index < -0.39 is 0 Å². The van der Waals surface area contributed by atoms with Gasteiger partial charge in [-0.05, 0) is 95.7 Å². The molecule has 0 N–H and O–H groups in total. The van der Waals surface area contributed by atoms with Crippen LogP contribution in [0.15, 0.2) is 108 Å². The van der Waals surface area contributed by atoms with Gasteiger partial charge in [-0.3, -0.25) is 0 Å². The first-order valence-electron chi connectivity index (χ1n) is 12.5. The van der Waals surface area contributed by atoms with Gasteiger partial charge in [0.1, 0.15) is 0 Å². The smallest absolute Gasteiger partial charge is 0.0449 e. The molecule has 8 heteroatoms. The summed E-state index contributed by atoms with van der Waals surface area (Å²) in [7, 11) is 0. The second kappa shape index (κ2) is 10.8. The van der Waals surface area contributed by atoms with Crippen LogP contribution in [-0.4, -0.2) is 0 Å². The van der Waals surface area contributed by atoms with Gasteiger partial charge >= 0.3 is 0 Å². The highest BCUT2D eigenvalue weighted by Crippen LogP contribution is 2.47. The summed E-state index contributed by atoms with van der Waals surface area (Å²) in [5.41, 5.74) is 0. The van der Waals surface area contributed by atoms with E-state index in [4.69, 9.17) is 0 Å². The van der Waals surface area contributed by atoms with E-state index in [1.165, 1.54) is 68.3 Å². The van der Waals surface area contributed by atoms with Crippen molar-refractivity contribution in [2.45, 2.75) is 0 Å². The first-order chi connectivity index (χ1) is 19.8. The lowest BCUT2D eigenvalue weighted by molar-refractivity contribution is 1.89. The number of rotatable bonds is 7. The lowest BCUT2D eigenvalue weighted by atomic mass is 10.3. The molecule has 40 heavy (non-hydrogen) atoms. The van der Waals surface area contributed by atoms with Crippen molar-refractivity contribution in [3.63, 3.8) is 0 Å². The quantitative estimate of drug-likeness (QED) is 0.160. The van der Waals surface area contributed by atoms with Crippen LogP contribution < -0.4 is 0 Å². The molecule has 8 aromatic heterocycles. The van der Waals surface area contributed by atoms with Gasteiger partial charge in [0.25, 0.3) is 0 Å². The van der Waals surface area contributed by atoms with Crippen LogP contribution in [0.2, 0.25) is 0 Å². The lowest BCUT2D eigenvalue weighted by Crippen LogP contribution is -1.59. The minimum atomic E-state index is 1.34. The first kappa shape index (κ1) is 25.3. The molecular formula is C32H18S8. The summed E-state index contributed by atoms with van der Waals surface area (Å²) >= 11 is 15.0. The van der Waals surface area contributed by atoms with Crippen molar-refractivity contribution in [3.8, 4) is 68.3 Å². The van der Waals surface area contributed by atoms with Crippen LogP contribution in [-0.2, 0) is 0 Å². The van der Waals surface area contributed by atoms with Gasteiger partial charge < -0.3 is 0 Å². The van der Waals surface area contributed by atoms with Crippen LogP contribution in [0.25, 0.3) is 68.3 Å². The third-order valence-electron chi connectivity index (χ3n) is 6.38. The molecule has 8 aromatic rings. The van der Waals surface area contributed by atoms with Crippen molar-refractivity contribution in [3.05, 3.63) is 108 Å². The molecule has 8 rings (SSSR count). The van der Waals surface area contributed by atoms with Crippen molar-refractivity contribution in [2.75, 3.05) is 0 Å². The van der Waals surface area contributed by atoms with Crippen LogP contribution in [0.1, 0.15) is 0 Å². The Hall–Kier alpha value is -2.40. The molecule has 0 bridgehead atoms. The Bertz CT molecular complexity index is 1860. The van der Waals surface area contributed by atoms with E-state index in [-0.39, 0.29) is 0 Å². The topological polar surface area (TPSA) is 0 Å². The summed E-state index contributed by atoms with van der Waals surface area (Å²) in [6, 6.07) is 35.9. The molecule has 0 unspecified atom stereocenters. The molecule has 0 aliphatic rings. The first-order valence-corrected chi connectivity index (χ1v) is 19.1. The Balaban J connectivity index is 1.00. The third kappa shape index (κ3) is 4.86. The van der Waals surface area contributed by atoms with Gasteiger partial charge in [-0.2, -0.15) is 0 Å². The molecule has 0 atom stereocenters. The highest BCUT2D eigenvalue weighted by molar-refractivity contribution is 7.31. The van der Waals surface area contributed by atoms with Crippen LogP contribution in [0.3, 0.4) is 0 Å². The standard InChI is InChI=1S/C32H18S8/c1-3-19(33-17-1)21-5-7-23(35-21)25-9-11-27(37-25)29-13-15-31(39-29)32-16-14-30(40-32)28-12-10-26(38-28)24-8-6-22(36-24)20-4-2-18-34-20/h1-18H. The summed E-state index contributed by atoms with van der Waals surface area (Å²) in [6.07, 6.45) is 0. The van der Waals surface area contributed by atoms with E-state index in [1.54, 1.807) is 22.7 Å². The summed E-state index contributed by atoms with van der Waals surface area (Å²) in [4.78, 5) is 18.8. The lowest BCUT2D eigenvalue weighted by Gasteiger charge is -1.93. The number of hydrogen-bond acceptors (Lipinski definition) is 8. The summed E-state index contributed by atoms with van der Waals surface area (Å²) in [6.45, 7) is 0. The zero-order valence-corrected chi connectivity index (χ0v) is 27.2. The average Bonchev–Trinajstić information content (AvgIpc) is 3.84. The molecule has 0 amide bonds. The summed E-state index contributed by atoms with van der Waals surface area (Å²) < 4.78 is 0. The molecule has 194 valence electrons. The fourth-order valence-electron chi connectivity index (χ4n) is 4.45. The Morgan fingerprint density at radius 3 is 0.600 bits per heavy atom. The molecule has 8 heterocycles. The maximum Gasteiger partial charge on any atom is 0.0449 e. The predicted molar refractivity (Wildman–Crippen MR) is 188 cm³/mol. The Kier molecular flexibility index (Phi) is 6.82. The van der Waals surface area contributed by atoms with Gasteiger partial charge in [-0.25, -0.2) is 0 Å². The van der Waals surface area contributed by atoms with Crippen molar-refractivity contribution in [1.29, 1.82) is 0 Å². The van der Waals surface area contributed by atoms with Crippen molar-refractivity contribution >= 4 is 90.7 Å². The average molecular weight is 659 g/mol. The fourth-order valence-corrected chi connectivity index (χ4v) is 12.6. The van der Waals surface area contributed by atoms with E-state index in [0.717, 1.165) is 0 Å². The minimum Gasteiger partial charge on any atom is -0.143 e. The van der Waals surface area contributed by atoms with E-state index >= 15 is 0 Å². The van der Waals surface area contributed by atoms with E-state index in [0.29, 0.717) is 0 Å². The number of thiophene rings is 8. The molecule has 0 spiro atoms. The molecule has 0 saturated heterocycles. The highest BCUT2D eigenvalue weighted by atomic mass is 32.1. The van der Waals surface area contributed by atoms with Crippen molar-refractivity contribution < 1.29 is 0 Å². The largest absolute Gasteiger partial charge is 0.143 e. The maximum atomic E-state index is 2.28. The van der Waals surface area contributed by atoms with Gasteiger partial charge in [-0.1, -0.05) is 12.1 Å². The van der Waals surface area contributed by atoms with Crippen LogP contribution in [0.4, 0.5) is 0 Å². The summed E-state index contributed by atoms with van der Waals surface area (Å²) in [5.74, 6) is 0. The monoisotopic (exact) mass is 658 g/mol. The Labute approximate surface area is 264 Å². The van der Waals surface area contributed by atoms with E-state index in [2.05, 4.69) is 108 Å². The van der Waals surface area contributed by atoms with E-state index in [9.17, 15) is 0 Å². The second-order valence-electron chi connectivity index (χ2n) is 8.94. The van der Waals surface area contributed by atoms with Gasteiger partial charge in [0.2, 0.25) is 0 Å². The van der Waals surface area contributed by atoms with Crippen molar-refractivity contribution in [1.82, 2.24) is 0 Å². The molecule has 0 radical (unpaired) electrons. The summed E-state index contributed by atoms with van der Waals surface area (Å²) in [5, 5.41) is 4.29. The van der Waals surface area contributed by atoms with Crippen LogP contribution in [0.5, 0.6) is 0 Å². The SMILES string of the molecule is c1csc(-c2ccc(-c3ccc(-c4ccc(-c5ccc(-c6ccc(-c7ccc(-c8cccs8)s7)s6)s5)s4)s3)s2)c1. The number of hydrogen-bond donors (Lipinski definition) is 0. The second-order valence-corrected chi connectivity index (χ2v) is 17.3.